The minimum absolute atomic E-state index is 0.0193. The van der Waals surface area contributed by atoms with Crippen LogP contribution in [0, 0.1) is 0 Å². The number of amides is 2. The first-order valence-corrected chi connectivity index (χ1v) is 12.3. The highest BCUT2D eigenvalue weighted by molar-refractivity contribution is 5.94. The van der Waals surface area contributed by atoms with Crippen molar-refractivity contribution in [2.45, 2.75) is 24.3 Å². The zero-order chi connectivity index (χ0) is 25.4. The van der Waals surface area contributed by atoms with Gasteiger partial charge in [-0.2, -0.15) is 0 Å². The SMILES string of the molecule is COc1ccc2c3c([nH]c2c1)[C@@H](CO)N(C(=O)CN(C)C)CC31CCN(C(=O)c2cccnc2)CC1. The molecule has 4 heterocycles. The van der Waals surface area contributed by atoms with Gasteiger partial charge >= 0.3 is 0 Å². The molecule has 1 atom stereocenters. The number of H-pyrrole nitrogens is 1. The molecule has 9 nitrogen and oxygen atoms in total. The Labute approximate surface area is 210 Å². The number of aliphatic hydroxyl groups is 1. The van der Waals surface area contributed by atoms with Crippen LogP contribution in [-0.4, -0.2) is 95.6 Å². The number of hydrogen-bond donors (Lipinski definition) is 2. The van der Waals surface area contributed by atoms with Crippen molar-refractivity contribution in [1.82, 2.24) is 24.7 Å². The molecule has 5 rings (SSSR count). The van der Waals surface area contributed by atoms with Crippen molar-refractivity contribution in [2.24, 2.45) is 0 Å². The number of methoxy groups -OCH3 is 1. The number of aromatic nitrogens is 2. The van der Waals surface area contributed by atoms with Gasteiger partial charge in [-0.1, -0.05) is 0 Å². The van der Waals surface area contributed by atoms with Gasteiger partial charge in [-0.25, -0.2) is 0 Å². The summed E-state index contributed by atoms with van der Waals surface area (Å²) >= 11 is 0. The molecule has 3 aromatic rings. The van der Waals surface area contributed by atoms with E-state index in [2.05, 4.69) is 16.0 Å². The summed E-state index contributed by atoms with van der Waals surface area (Å²) < 4.78 is 5.44. The predicted octanol–water partition coefficient (Wildman–Crippen LogP) is 2.18. The highest BCUT2D eigenvalue weighted by Crippen LogP contribution is 2.49. The lowest BCUT2D eigenvalue weighted by molar-refractivity contribution is -0.138. The summed E-state index contributed by atoms with van der Waals surface area (Å²) in [4.78, 5) is 39.6. The van der Waals surface area contributed by atoms with Crippen LogP contribution in [-0.2, 0) is 10.2 Å². The average molecular weight is 492 g/mol. The normalized spacial score (nSPS) is 19.1. The first-order valence-electron chi connectivity index (χ1n) is 12.3. The molecule has 190 valence electrons. The Morgan fingerprint density at radius 3 is 2.67 bits per heavy atom. The number of nitrogens with one attached hydrogen (secondary N) is 1. The summed E-state index contributed by atoms with van der Waals surface area (Å²) in [7, 11) is 5.38. The third-order valence-corrected chi connectivity index (χ3v) is 7.61. The number of likely N-dealkylation sites (N-methyl/N-ethyl adjacent to an activating group) is 1. The second-order valence-electron chi connectivity index (χ2n) is 10.1. The van der Waals surface area contributed by atoms with Crippen LogP contribution in [0.5, 0.6) is 5.75 Å². The number of hydrogen-bond acceptors (Lipinski definition) is 6. The molecular weight excluding hydrogens is 458 g/mol. The Kier molecular flexibility index (Phi) is 6.44. The van der Waals surface area contributed by atoms with Gasteiger partial charge in [0.1, 0.15) is 5.75 Å². The van der Waals surface area contributed by atoms with Crippen LogP contribution >= 0.6 is 0 Å². The number of carbonyl (C=O) groups excluding carboxylic acids is 2. The van der Waals surface area contributed by atoms with Crippen LogP contribution in [0.1, 0.15) is 40.5 Å². The van der Waals surface area contributed by atoms with Crippen LogP contribution in [0.4, 0.5) is 0 Å². The van der Waals surface area contributed by atoms with Crippen LogP contribution in [0.3, 0.4) is 0 Å². The molecule has 0 unspecified atom stereocenters. The molecule has 0 bridgehead atoms. The van der Waals surface area contributed by atoms with Crippen LogP contribution in [0.15, 0.2) is 42.7 Å². The van der Waals surface area contributed by atoms with E-state index in [1.807, 2.05) is 40.9 Å². The number of pyridine rings is 1. The Morgan fingerprint density at radius 1 is 1.25 bits per heavy atom. The van der Waals surface area contributed by atoms with E-state index in [4.69, 9.17) is 4.74 Å². The molecule has 0 saturated carbocycles. The highest BCUT2D eigenvalue weighted by atomic mass is 16.5. The van der Waals surface area contributed by atoms with E-state index in [1.54, 1.807) is 31.6 Å². The van der Waals surface area contributed by atoms with Gasteiger partial charge in [-0.05, 0) is 56.8 Å². The number of rotatable bonds is 5. The number of nitrogens with zero attached hydrogens (tertiary/aromatic N) is 4. The summed E-state index contributed by atoms with van der Waals surface area (Å²) in [5.74, 6) is 0.703. The smallest absolute Gasteiger partial charge is 0.255 e. The fraction of sp³-hybridized carbons (Fsp3) is 0.444. The minimum Gasteiger partial charge on any atom is -0.497 e. The number of ether oxygens (including phenoxy) is 1. The highest BCUT2D eigenvalue weighted by Gasteiger charge is 2.49. The van der Waals surface area contributed by atoms with Crippen LogP contribution < -0.4 is 4.74 Å². The number of fused-ring (bicyclic) bond motifs is 4. The van der Waals surface area contributed by atoms with Gasteiger partial charge in [0.05, 0.1) is 31.9 Å². The zero-order valence-electron chi connectivity index (χ0n) is 21.0. The lowest BCUT2D eigenvalue weighted by Gasteiger charge is -2.50. The first kappa shape index (κ1) is 24.3. The lowest BCUT2D eigenvalue weighted by atomic mass is 9.68. The third-order valence-electron chi connectivity index (χ3n) is 7.61. The molecule has 2 aromatic heterocycles. The van der Waals surface area contributed by atoms with Gasteiger partial charge in [0.25, 0.3) is 5.91 Å². The van der Waals surface area contributed by atoms with Gasteiger partial charge < -0.3 is 29.5 Å². The monoisotopic (exact) mass is 491 g/mol. The fourth-order valence-electron chi connectivity index (χ4n) is 5.85. The second-order valence-corrected chi connectivity index (χ2v) is 10.1. The van der Waals surface area contributed by atoms with E-state index in [9.17, 15) is 14.7 Å². The topological polar surface area (TPSA) is 102 Å². The molecule has 2 amide bonds. The molecule has 1 spiro atoms. The second kappa shape index (κ2) is 9.55. The van der Waals surface area contributed by atoms with E-state index in [0.717, 1.165) is 40.8 Å². The van der Waals surface area contributed by atoms with Crippen LogP contribution in [0.25, 0.3) is 10.9 Å². The van der Waals surface area contributed by atoms with Gasteiger partial charge in [-0.15, -0.1) is 0 Å². The number of carbonyl (C=O) groups is 2. The Morgan fingerprint density at radius 2 is 2.03 bits per heavy atom. The Hall–Kier alpha value is -3.43. The predicted molar refractivity (Wildman–Crippen MR) is 136 cm³/mol. The van der Waals surface area contributed by atoms with E-state index < -0.39 is 6.04 Å². The number of piperidine rings is 1. The minimum atomic E-state index is -0.452. The molecule has 2 aliphatic rings. The largest absolute Gasteiger partial charge is 0.497 e. The maximum absolute atomic E-state index is 13.4. The lowest BCUT2D eigenvalue weighted by Crippen LogP contribution is -2.56. The van der Waals surface area contributed by atoms with E-state index >= 15 is 0 Å². The first-order chi connectivity index (χ1) is 17.4. The molecule has 2 aliphatic heterocycles. The van der Waals surface area contributed by atoms with Crippen molar-refractivity contribution in [3.05, 3.63) is 59.5 Å². The quantitative estimate of drug-likeness (QED) is 0.567. The van der Waals surface area contributed by atoms with Gasteiger partial charge in [0, 0.05) is 60.1 Å². The Bertz CT molecular complexity index is 1260. The van der Waals surface area contributed by atoms with Crippen molar-refractivity contribution in [1.29, 1.82) is 0 Å². The third kappa shape index (κ3) is 4.12. The zero-order valence-corrected chi connectivity index (χ0v) is 21.0. The number of likely N-dealkylation sites (tertiary alicyclic amines) is 1. The summed E-state index contributed by atoms with van der Waals surface area (Å²) in [5, 5.41) is 11.5. The number of benzene rings is 1. The molecule has 36 heavy (non-hydrogen) atoms. The van der Waals surface area contributed by atoms with E-state index in [1.165, 1.54) is 0 Å². The summed E-state index contributed by atoms with van der Waals surface area (Å²) in [6, 6.07) is 9.08. The van der Waals surface area contributed by atoms with E-state index in [-0.39, 0.29) is 30.4 Å². The van der Waals surface area contributed by atoms with Gasteiger partial charge in [0.15, 0.2) is 0 Å². The fourth-order valence-corrected chi connectivity index (χ4v) is 5.85. The average Bonchev–Trinajstić information content (AvgIpc) is 3.28. The summed E-state index contributed by atoms with van der Waals surface area (Å²) in [6.45, 7) is 1.76. The maximum Gasteiger partial charge on any atom is 0.255 e. The molecule has 1 aromatic carbocycles. The van der Waals surface area contributed by atoms with Crippen molar-refractivity contribution in [3.63, 3.8) is 0 Å². The van der Waals surface area contributed by atoms with Gasteiger partial charge in [0.2, 0.25) is 5.91 Å². The number of aliphatic hydroxyl groups excluding tert-OH is 1. The summed E-state index contributed by atoms with van der Waals surface area (Å²) in [6.07, 6.45) is 4.70. The summed E-state index contributed by atoms with van der Waals surface area (Å²) in [5.41, 5.74) is 3.21. The van der Waals surface area contributed by atoms with Crippen molar-refractivity contribution in [3.8, 4) is 5.75 Å². The number of aromatic amines is 1. The van der Waals surface area contributed by atoms with Gasteiger partial charge in [-0.3, -0.25) is 14.6 Å². The van der Waals surface area contributed by atoms with Crippen molar-refractivity contribution < 1.29 is 19.4 Å². The molecule has 9 heteroatoms. The van der Waals surface area contributed by atoms with Crippen LogP contribution in [0.2, 0.25) is 0 Å². The van der Waals surface area contributed by atoms with Crippen molar-refractivity contribution >= 4 is 22.7 Å². The van der Waals surface area contributed by atoms with E-state index in [0.29, 0.717) is 25.2 Å². The molecule has 1 fully saturated rings. The standard InChI is InChI=1S/C27H33N5O4/c1-30(2)15-23(34)32-17-27(8-11-31(12-9-27)26(35)18-5-4-10-28-14-18)24-20-7-6-19(36-3)13-21(20)29-25(24)22(32)16-33/h4-7,10,13-14,22,29,33H,8-9,11-12,15-17H2,1-3H3/t22-/m1/s1. The maximum atomic E-state index is 13.4. The molecule has 2 N–H and O–H groups in total. The molecular formula is C27H33N5O4. The molecule has 0 aliphatic carbocycles. The van der Waals surface area contributed by atoms with Crippen molar-refractivity contribution in [2.75, 3.05) is 54.0 Å². The molecule has 1 saturated heterocycles. The molecule has 0 radical (unpaired) electrons. The Balaban J connectivity index is 1.55.